The number of benzene rings is 2. The van der Waals surface area contributed by atoms with E-state index in [0.29, 0.717) is 47.3 Å². The van der Waals surface area contributed by atoms with Crippen molar-refractivity contribution in [1.29, 1.82) is 0 Å². The van der Waals surface area contributed by atoms with Gasteiger partial charge in [0, 0.05) is 23.1 Å². The normalized spacial score (nSPS) is 12.6. The number of hydrogen-bond acceptors (Lipinski definition) is 5. The molecule has 1 amide bonds. The molecular formula is C20H21NO5. The fourth-order valence-corrected chi connectivity index (χ4v) is 2.64. The molecule has 0 spiro atoms. The van der Waals surface area contributed by atoms with Crippen molar-refractivity contribution < 1.29 is 23.8 Å². The SMILES string of the molecule is COc1ccc(C(=O)Nc2cc3c(cc2C(=O)C(C)C)OCCO3)cc1. The van der Waals surface area contributed by atoms with Crippen LogP contribution in [0.3, 0.4) is 0 Å². The van der Waals surface area contributed by atoms with E-state index in [1.165, 1.54) is 0 Å². The maximum Gasteiger partial charge on any atom is 0.255 e. The summed E-state index contributed by atoms with van der Waals surface area (Å²) in [4.78, 5) is 25.2. The number of carbonyl (C=O) groups is 2. The van der Waals surface area contributed by atoms with Gasteiger partial charge in [0.2, 0.25) is 0 Å². The zero-order chi connectivity index (χ0) is 18.7. The van der Waals surface area contributed by atoms with Crippen LogP contribution in [-0.4, -0.2) is 32.0 Å². The Hall–Kier alpha value is -3.02. The number of anilines is 1. The molecular weight excluding hydrogens is 334 g/mol. The Labute approximate surface area is 152 Å². The molecule has 0 saturated heterocycles. The lowest BCUT2D eigenvalue weighted by molar-refractivity contribution is 0.0939. The Morgan fingerprint density at radius 1 is 1.04 bits per heavy atom. The standard InChI is InChI=1S/C20H21NO5/c1-12(2)19(22)15-10-17-18(26-9-8-25-17)11-16(15)21-20(23)13-4-6-14(24-3)7-5-13/h4-7,10-12H,8-9H2,1-3H3,(H,21,23). The first-order valence-corrected chi connectivity index (χ1v) is 8.43. The zero-order valence-corrected chi connectivity index (χ0v) is 15.0. The first-order chi connectivity index (χ1) is 12.5. The Morgan fingerprint density at radius 3 is 2.23 bits per heavy atom. The van der Waals surface area contributed by atoms with Crippen LogP contribution in [0.25, 0.3) is 0 Å². The lowest BCUT2D eigenvalue weighted by Crippen LogP contribution is -2.20. The molecule has 0 atom stereocenters. The number of ether oxygens (including phenoxy) is 3. The molecule has 0 unspecified atom stereocenters. The Morgan fingerprint density at radius 2 is 1.65 bits per heavy atom. The molecule has 6 heteroatoms. The second-order valence-corrected chi connectivity index (χ2v) is 6.24. The van der Waals surface area contributed by atoms with E-state index in [1.54, 1.807) is 43.5 Å². The van der Waals surface area contributed by atoms with E-state index >= 15 is 0 Å². The average Bonchev–Trinajstić information content (AvgIpc) is 2.66. The lowest BCUT2D eigenvalue weighted by Gasteiger charge is -2.21. The molecule has 0 aromatic heterocycles. The minimum atomic E-state index is -0.317. The van der Waals surface area contributed by atoms with Gasteiger partial charge in [-0.15, -0.1) is 0 Å². The molecule has 1 heterocycles. The molecule has 6 nitrogen and oxygen atoms in total. The number of hydrogen-bond donors (Lipinski definition) is 1. The molecule has 1 aliphatic rings. The molecule has 2 aromatic carbocycles. The summed E-state index contributed by atoms with van der Waals surface area (Å²) in [6, 6.07) is 10.0. The third-order valence-corrected chi connectivity index (χ3v) is 4.07. The highest BCUT2D eigenvalue weighted by Crippen LogP contribution is 2.36. The van der Waals surface area contributed by atoms with Gasteiger partial charge in [-0.3, -0.25) is 9.59 Å². The van der Waals surface area contributed by atoms with Gasteiger partial charge in [0.25, 0.3) is 5.91 Å². The maximum absolute atomic E-state index is 12.6. The molecule has 3 rings (SSSR count). The molecule has 0 aliphatic carbocycles. The fraction of sp³-hybridized carbons (Fsp3) is 0.300. The topological polar surface area (TPSA) is 73.9 Å². The molecule has 0 saturated carbocycles. The van der Waals surface area contributed by atoms with Gasteiger partial charge < -0.3 is 19.5 Å². The largest absolute Gasteiger partial charge is 0.497 e. The number of fused-ring (bicyclic) bond motifs is 1. The second kappa shape index (κ2) is 7.47. The number of carbonyl (C=O) groups excluding carboxylic acids is 2. The number of Topliss-reactive ketones (excluding diaryl/α,β-unsaturated/α-hetero) is 1. The predicted molar refractivity (Wildman–Crippen MR) is 97.5 cm³/mol. The highest BCUT2D eigenvalue weighted by atomic mass is 16.6. The number of amides is 1. The van der Waals surface area contributed by atoms with Crippen LogP contribution >= 0.6 is 0 Å². The first kappa shape index (κ1) is 17.8. The quantitative estimate of drug-likeness (QED) is 0.830. The van der Waals surface area contributed by atoms with E-state index in [-0.39, 0.29) is 17.6 Å². The van der Waals surface area contributed by atoms with Crippen LogP contribution in [-0.2, 0) is 0 Å². The van der Waals surface area contributed by atoms with Crippen LogP contribution in [0.1, 0.15) is 34.6 Å². The van der Waals surface area contributed by atoms with Crippen molar-refractivity contribution in [3.63, 3.8) is 0 Å². The maximum atomic E-state index is 12.6. The average molecular weight is 355 g/mol. The van der Waals surface area contributed by atoms with Crippen LogP contribution in [0, 0.1) is 5.92 Å². The summed E-state index contributed by atoms with van der Waals surface area (Å²) in [5, 5.41) is 2.81. The molecule has 0 radical (unpaired) electrons. The molecule has 26 heavy (non-hydrogen) atoms. The number of rotatable bonds is 5. The van der Waals surface area contributed by atoms with Crippen molar-refractivity contribution in [3.8, 4) is 17.2 Å². The van der Waals surface area contributed by atoms with Gasteiger partial charge in [0.15, 0.2) is 17.3 Å². The van der Waals surface area contributed by atoms with Gasteiger partial charge in [-0.05, 0) is 30.3 Å². The van der Waals surface area contributed by atoms with Gasteiger partial charge in [-0.2, -0.15) is 0 Å². The van der Waals surface area contributed by atoms with Gasteiger partial charge in [0.05, 0.1) is 12.8 Å². The Balaban J connectivity index is 1.93. The Bertz CT molecular complexity index is 827. The molecule has 2 aromatic rings. The second-order valence-electron chi connectivity index (χ2n) is 6.24. The molecule has 1 N–H and O–H groups in total. The van der Waals surface area contributed by atoms with Crippen LogP contribution in [0.4, 0.5) is 5.69 Å². The molecule has 136 valence electrons. The van der Waals surface area contributed by atoms with E-state index in [1.807, 2.05) is 13.8 Å². The molecule has 1 aliphatic heterocycles. The van der Waals surface area contributed by atoms with Crippen molar-refractivity contribution in [2.45, 2.75) is 13.8 Å². The minimum Gasteiger partial charge on any atom is -0.497 e. The summed E-state index contributed by atoms with van der Waals surface area (Å²) in [5.74, 6) is 1.09. The van der Waals surface area contributed by atoms with Crippen molar-refractivity contribution >= 4 is 17.4 Å². The van der Waals surface area contributed by atoms with Crippen LogP contribution in [0.5, 0.6) is 17.2 Å². The highest BCUT2D eigenvalue weighted by Gasteiger charge is 2.22. The van der Waals surface area contributed by atoms with Gasteiger partial charge >= 0.3 is 0 Å². The van der Waals surface area contributed by atoms with Crippen molar-refractivity contribution in [3.05, 3.63) is 47.5 Å². The van der Waals surface area contributed by atoms with Crippen molar-refractivity contribution in [2.24, 2.45) is 5.92 Å². The van der Waals surface area contributed by atoms with Crippen LogP contribution < -0.4 is 19.5 Å². The first-order valence-electron chi connectivity index (χ1n) is 8.43. The summed E-state index contributed by atoms with van der Waals surface area (Å²) < 4.78 is 16.2. The number of nitrogens with one attached hydrogen (secondary N) is 1. The van der Waals surface area contributed by atoms with Crippen LogP contribution in [0.2, 0.25) is 0 Å². The summed E-state index contributed by atoms with van der Waals surface area (Å²) in [6.45, 7) is 4.48. The van der Waals surface area contributed by atoms with E-state index < -0.39 is 0 Å². The minimum absolute atomic E-state index is 0.0768. The monoisotopic (exact) mass is 355 g/mol. The summed E-state index contributed by atoms with van der Waals surface area (Å²) in [7, 11) is 1.56. The Kier molecular flexibility index (Phi) is 5.11. The van der Waals surface area contributed by atoms with Gasteiger partial charge in [-0.25, -0.2) is 0 Å². The third kappa shape index (κ3) is 3.64. The summed E-state index contributed by atoms with van der Waals surface area (Å²) in [6.07, 6.45) is 0. The molecule has 0 fully saturated rings. The van der Waals surface area contributed by atoms with Gasteiger partial charge in [0.1, 0.15) is 19.0 Å². The van der Waals surface area contributed by atoms with E-state index in [4.69, 9.17) is 14.2 Å². The van der Waals surface area contributed by atoms with Crippen LogP contribution in [0.15, 0.2) is 36.4 Å². The smallest absolute Gasteiger partial charge is 0.255 e. The summed E-state index contributed by atoms with van der Waals surface area (Å²) in [5.41, 5.74) is 1.28. The predicted octanol–water partition coefficient (Wildman–Crippen LogP) is 3.56. The fourth-order valence-electron chi connectivity index (χ4n) is 2.64. The van der Waals surface area contributed by atoms with E-state index in [2.05, 4.69) is 5.32 Å². The zero-order valence-electron chi connectivity index (χ0n) is 15.0. The molecule has 0 bridgehead atoms. The summed E-state index contributed by atoms with van der Waals surface area (Å²) >= 11 is 0. The van der Waals surface area contributed by atoms with Gasteiger partial charge in [-0.1, -0.05) is 13.8 Å². The lowest BCUT2D eigenvalue weighted by atomic mass is 9.98. The number of ketones is 1. The van der Waals surface area contributed by atoms with E-state index in [0.717, 1.165) is 0 Å². The van der Waals surface area contributed by atoms with E-state index in [9.17, 15) is 9.59 Å². The number of methoxy groups -OCH3 is 1. The van der Waals surface area contributed by atoms with Crippen molar-refractivity contribution in [1.82, 2.24) is 0 Å². The third-order valence-electron chi connectivity index (χ3n) is 4.07. The highest BCUT2D eigenvalue weighted by molar-refractivity contribution is 6.10. The van der Waals surface area contributed by atoms with Crippen molar-refractivity contribution in [2.75, 3.05) is 25.6 Å².